The molecule has 0 saturated carbocycles. The Balaban J connectivity index is 1.61. The molecule has 1 aliphatic heterocycles. The van der Waals surface area contributed by atoms with Crippen molar-refractivity contribution in [2.75, 3.05) is 0 Å². The molecule has 1 atom stereocenters. The van der Waals surface area contributed by atoms with Crippen LogP contribution >= 0.6 is 33.7 Å². The molecule has 0 aromatic heterocycles. The van der Waals surface area contributed by atoms with Crippen LogP contribution in [0, 0.1) is 48.5 Å². The van der Waals surface area contributed by atoms with Gasteiger partial charge in [-0.1, -0.05) is 84.9 Å². The molecule has 8 rings (SSSR count). The molecule has 1 aliphatic rings. The van der Waals surface area contributed by atoms with Crippen molar-refractivity contribution in [3.63, 3.8) is 0 Å². The van der Waals surface area contributed by atoms with E-state index >= 15 is 0 Å². The van der Waals surface area contributed by atoms with Crippen molar-refractivity contribution < 1.29 is 37.7 Å². The third kappa shape index (κ3) is 11.8. The van der Waals surface area contributed by atoms with Crippen molar-refractivity contribution in [2.45, 2.75) is 66.2 Å². The molecule has 0 bridgehead atoms. The lowest BCUT2D eigenvalue weighted by Crippen LogP contribution is -2.83. The second-order valence-electron chi connectivity index (χ2n) is 16.1. The lowest BCUT2D eigenvalue weighted by molar-refractivity contribution is -0.486. The quantitative estimate of drug-likeness (QED) is 0.0615. The van der Waals surface area contributed by atoms with E-state index < -0.39 is 25.8 Å². The Hall–Kier alpha value is -6.50. The molecule has 12 nitrogen and oxygen atoms in total. The Labute approximate surface area is 403 Å². The molecule has 7 aromatic rings. The van der Waals surface area contributed by atoms with Gasteiger partial charge in [-0.15, -0.1) is 0 Å². The first kappa shape index (κ1) is 48.0. The van der Waals surface area contributed by atoms with Crippen LogP contribution in [0.15, 0.2) is 188 Å². The molecular weight excluding hydrogens is 932 g/mol. The minimum absolute atomic E-state index is 0.267. The summed E-state index contributed by atoms with van der Waals surface area (Å²) in [5.74, 6) is -6.29. The summed E-state index contributed by atoms with van der Waals surface area (Å²) in [4.78, 5) is 0. The Morgan fingerprint density at radius 1 is 0.338 bits per heavy atom. The van der Waals surface area contributed by atoms with Crippen molar-refractivity contribution in [1.29, 1.82) is 0 Å². The van der Waals surface area contributed by atoms with Gasteiger partial charge in [0.25, 0.3) is 0 Å². The minimum Gasteiger partial charge on any atom is -0.434 e. The fourth-order valence-corrected chi connectivity index (χ4v) is 10.6. The third-order valence-corrected chi connectivity index (χ3v) is 13.7. The molecule has 0 amide bonds. The Bertz CT molecular complexity index is 2810. The summed E-state index contributed by atoms with van der Waals surface area (Å²) in [6.45, 7) is 13.7. The number of ether oxygens (including phenoxy) is 7. The average Bonchev–Trinajstić information content (AvgIpc) is 3.27. The third-order valence-electron chi connectivity index (χ3n) is 10.1. The summed E-state index contributed by atoms with van der Waals surface area (Å²) in [6, 6.07) is 52.2. The summed E-state index contributed by atoms with van der Waals surface area (Å²) in [6.07, 6.45) is 0. The van der Waals surface area contributed by atoms with Crippen molar-refractivity contribution in [3.05, 3.63) is 209 Å². The van der Waals surface area contributed by atoms with Crippen LogP contribution in [0.2, 0.25) is 0 Å². The average molecular weight is 982 g/mol. The van der Waals surface area contributed by atoms with Gasteiger partial charge in [0.05, 0.1) is 0 Å². The predicted octanol–water partition coefficient (Wildman–Crippen LogP) is 16.4. The number of nitrogens with zero attached hydrogens (tertiary/aromatic N) is 4. The van der Waals surface area contributed by atoms with E-state index in [9.17, 15) is 0 Å². The second-order valence-corrected chi connectivity index (χ2v) is 20.2. The number of hydrogen-bond acceptors (Lipinski definition) is 12. The standard InChI is InChI=1S/C52H49N4O8P4/c1-36-15-8-22-43(29-36)57-50(58-44-23-9-16-37(2)30-44,51(59-45-24-10-17-38(3)31-45,60-46-25-11-18-39(4)32-46)61-47-26-12-19-40(5)33-47)52(62-48-27-13-20-41(6)34-48,63-49-28-14-21-42(7)35-49)64-68-55-66-53-65-54-67-56-68/h8-35H,1-7H3/q+1. The van der Waals surface area contributed by atoms with E-state index in [0.29, 0.717) is 42.8 Å². The summed E-state index contributed by atoms with van der Waals surface area (Å²) in [5, 5.41) is 0. The van der Waals surface area contributed by atoms with E-state index in [-0.39, 0.29) is 23.0 Å². The highest BCUT2D eigenvalue weighted by atomic mass is 31.2. The minimum atomic E-state index is -2.80. The first-order valence-corrected chi connectivity index (χ1v) is 25.2. The van der Waals surface area contributed by atoms with Crippen LogP contribution < -0.4 is 33.2 Å². The first-order valence-electron chi connectivity index (χ1n) is 21.6. The van der Waals surface area contributed by atoms with Crippen LogP contribution in [-0.4, -0.2) is 17.7 Å². The van der Waals surface area contributed by atoms with E-state index in [1.165, 1.54) is 0 Å². The molecule has 68 heavy (non-hydrogen) atoms. The van der Waals surface area contributed by atoms with E-state index in [1.54, 1.807) is 42.5 Å². The lowest BCUT2D eigenvalue weighted by Gasteiger charge is -2.50. The SMILES string of the molecule is Cc1cccc(OC(Oc2cccc(C)c2)(Oc2cccc(C)c2)C(Oc2cccc(C)c2)(Oc2cccc(C)c2)C(Oc2cccc(C)c2)(Oc2cccc(C)c2)O[P+]2=NP=NP=NP=N2)c1. The zero-order valence-electron chi connectivity index (χ0n) is 38.5. The van der Waals surface area contributed by atoms with Gasteiger partial charge < -0.3 is 33.2 Å². The molecule has 0 radical (unpaired) electrons. The van der Waals surface area contributed by atoms with E-state index in [2.05, 4.69) is 9.03 Å². The largest absolute Gasteiger partial charge is 0.556 e. The summed E-state index contributed by atoms with van der Waals surface area (Å²) in [5.41, 5.74) is 6.08. The molecule has 0 aliphatic carbocycles. The maximum atomic E-state index is 7.67. The van der Waals surface area contributed by atoms with Crippen LogP contribution in [0.5, 0.6) is 40.2 Å². The monoisotopic (exact) mass is 981 g/mol. The molecule has 1 heterocycles. The number of hydrogen-bond donors (Lipinski definition) is 0. The van der Waals surface area contributed by atoms with Crippen molar-refractivity contribution in [3.8, 4) is 40.2 Å². The van der Waals surface area contributed by atoms with Gasteiger partial charge in [0.15, 0.2) is 8.52 Å². The Kier molecular flexibility index (Phi) is 15.3. The van der Waals surface area contributed by atoms with Crippen molar-refractivity contribution >= 4 is 33.7 Å². The van der Waals surface area contributed by atoms with Crippen LogP contribution in [0.1, 0.15) is 38.9 Å². The summed E-state index contributed by atoms with van der Waals surface area (Å²) < 4.78 is 78.6. The van der Waals surface area contributed by atoms with Gasteiger partial charge in [-0.2, -0.15) is 9.03 Å². The Morgan fingerprint density at radius 2 is 0.618 bits per heavy atom. The van der Waals surface area contributed by atoms with Gasteiger partial charge in [0.2, 0.25) is 17.0 Å². The van der Waals surface area contributed by atoms with E-state index in [4.69, 9.17) is 46.7 Å². The number of rotatable bonds is 18. The van der Waals surface area contributed by atoms with Crippen LogP contribution in [0.25, 0.3) is 0 Å². The van der Waals surface area contributed by atoms with Gasteiger partial charge in [-0.25, -0.2) is 0 Å². The van der Waals surface area contributed by atoms with Gasteiger partial charge >= 0.3 is 25.8 Å². The zero-order chi connectivity index (χ0) is 47.6. The lowest BCUT2D eigenvalue weighted by atomic mass is 10.1. The summed E-state index contributed by atoms with van der Waals surface area (Å²) in [7, 11) is -1.26. The smallest absolute Gasteiger partial charge is 0.434 e. The van der Waals surface area contributed by atoms with Gasteiger partial charge in [-0.3, -0.25) is 0 Å². The van der Waals surface area contributed by atoms with E-state index in [0.717, 1.165) is 38.9 Å². The maximum absolute atomic E-state index is 7.67. The van der Waals surface area contributed by atoms with Crippen molar-refractivity contribution in [2.24, 2.45) is 18.1 Å². The molecule has 1 unspecified atom stereocenters. The van der Waals surface area contributed by atoms with Crippen LogP contribution in [0.4, 0.5) is 0 Å². The Morgan fingerprint density at radius 3 is 0.926 bits per heavy atom. The molecular formula is C52H49N4O8P4+. The maximum Gasteiger partial charge on any atom is 0.556 e. The van der Waals surface area contributed by atoms with Crippen molar-refractivity contribution in [1.82, 2.24) is 0 Å². The fourth-order valence-electron chi connectivity index (χ4n) is 7.15. The van der Waals surface area contributed by atoms with E-state index in [1.807, 2.05) is 176 Å². The first-order chi connectivity index (χ1) is 32.9. The van der Waals surface area contributed by atoms with Gasteiger partial charge in [0, 0.05) is 9.03 Å². The predicted molar refractivity (Wildman–Crippen MR) is 269 cm³/mol. The normalized spacial score (nSPS) is 13.8. The van der Waals surface area contributed by atoms with Gasteiger partial charge in [-0.05, 0) is 177 Å². The fraction of sp³-hybridized carbons (Fsp3) is 0.192. The highest BCUT2D eigenvalue weighted by Crippen LogP contribution is 2.54. The topological polar surface area (TPSA) is 123 Å². The zero-order valence-corrected chi connectivity index (χ0v) is 42.1. The molecule has 0 fully saturated rings. The van der Waals surface area contributed by atoms with Gasteiger partial charge in [0.1, 0.15) is 40.2 Å². The molecule has 16 heteroatoms. The number of aryl methyl sites for hydroxylation is 7. The second kappa shape index (κ2) is 21.6. The van der Waals surface area contributed by atoms with Crippen LogP contribution in [0.3, 0.4) is 0 Å². The number of benzene rings is 7. The van der Waals surface area contributed by atoms with Crippen LogP contribution in [-0.2, 0) is 4.52 Å². The molecule has 0 spiro atoms. The molecule has 7 aromatic carbocycles. The summed E-state index contributed by atoms with van der Waals surface area (Å²) >= 11 is 0. The molecule has 0 N–H and O–H groups in total. The molecule has 344 valence electrons. The highest BCUT2D eigenvalue weighted by molar-refractivity contribution is 7.55. The highest BCUT2D eigenvalue weighted by Gasteiger charge is 2.86. The molecule has 0 saturated heterocycles.